The molecule has 3 saturated heterocycles. The summed E-state index contributed by atoms with van der Waals surface area (Å²) in [5.74, 6) is -0.624. The fourth-order valence-electron chi connectivity index (χ4n) is 4.27. The van der Waals surface area contributed by atoms with E-state index >= 15 is 0 Å². The monoisotopic (exact) mass is 394 g/mol. The predicted molar refractivity (Wildman–Crippen MR) is 98.9 cm³/mol. The van der Waals surface area contributed by atoms with Gasteiger partial charge in [0.1, 0.15) is 16.7 Å². The van der Waals surface area contributed by atoms with Crippen LogP contribution in [0.2, 0.25) is 0 Å². The Hall–Kier alpha value is -1.55. The maximum absolute atomic E-state index is 12.9. The number of nitrogens with two attached hydrogens (primary N) is 1. The van der Waals surface area contributed by atoms with Crippen LogP contribution < -0.4 is 5.73 Å². The molecule has 1 aromatic rings. The number of likely N-dealkylation sites (tertiary alicyclic amines) is 1. The maximum atomic E-state index is 12.9. The van der Waals surface area contributed by atoms with Gasteiger partial charge in [-0.3, -0.25) is 14.5 Å². The van der Waals surface area contributed by atoms with E-state index < -0.39 is 11.7 Å². The number of nitrogens with zero attached hydrogens (tertiary/aromatic N) is 3. The van der Waals surface area contributed by atoms with Crippen molar-refractivity contribution in [1.82, 2.24) is 14.8 Å². The summed E-state index contributed by atoms with van der Waals surface area (Å²) >= 11 is 1.65. The zero-order valence-corrected chi connectivity index (χ0v) is 16.2. The van der Waals surface area contributed by atoms with Crippen molar-refractivity contribution in [1.29, 1.82) is 0 Å². The molecule has 2 N–H and O–H groups in total. The lowest BCUT2D eigenvalue weighted by molar-refractivity contribution is -0.143. The Morgan fingerprint density at radius 1 is 1.41 bits per heavy atom. The molecule has 0 aromatic carbocycles. The van der Waals surface area contributed by atoms with Gasteiger partial charge in [0.2, 0.25) is 5.91 Å². The highest BCUT2D eigenvalue weighted by Crippen LogP contribution is 2.33. The second-order valence-corrected chi connectivity index (χ2v) is 8.68. The van der Waals surface area contributed by atoms with Gasteiger partial charge in [0.15, 0.2) is 0 Å². The van der Waals surface area contributed by atoms with Gasteiger partial charge in [-0.2, -0.15) is 0 Å². The first-order valence-corrected chi connectivity index (χ1v) is 10.4. The number of aromatic nitrogens is 1. The summed E-state index contributed by atoms with van der Waals surface area (Å²) in [5.41, 5.74) is 4.99. The van der Waals surface area contributed by atoms with Crippen molar-refractivity contribution in [2.24, 2.45) is 11.7 Å². The van der Waals surface area contributed by atoms with Crippen LogP contribution in [0.1, 0.15) is 24.3 Å². The van der Waals surface area contributed by atoms with Crippen LogP contribution in [0.3, 0.4) is 0 Å². The number of rotatable bonds is 4. The first kappa shape index (κ1) is 18.8. The molecule has 3 fully saturated rings. The molecule has 1 aromatic heterocycles. The van der Waals surface area contributed by atoms with Crippen molar-refractivity contribution >= 4 is 23.2 Å². The third-order valence-corrected chi connectivity index (χ3v) is 6.45. The Morgan fingerprint density at radius 3 is 3.07 bits per heavy atom. The standard InChI is InChI=1S/C18H26N4O4S/c19-16(23)13-2-1-4-22(9-13)17(24)14-8-18(12-25-14)11-21(5-6-26-18)10-15-20-3-7-27-15/h3,7,13-14H,1-2,4-6,8-12H2,(H2,19,23). The highest BCUT2D eigenvalue weighted by atomic mass is 32.1. The van der Waals surface area contributed by atoms with Gasteiger partial charge in [-0.1, -0.05) is 0 Å². The number of carbonyl (C=O) groups excluding carboxylic acids is 2. The Morgan fingerprint density at radius 2 is 2.30 bits per heavy atom. The van der Waals surface area contributed by atoms with E-state index in [-0.39, 0.29) is 17.7 Å². The van der Waals surface area contributed by atoms with Crippen molar-refractivity contribution in [2.75, 3.05) is 39.4 Å². The van der Waals surface area contributed by atoms with Gasteiger partial charge in [-0.25, -0.2) is 4.98 Å². The van der Waals surface area contributed by atoms with E-state index in [1.807, 2.05) is 11.6 Å². The Balaban J connectivity index is 1.36. The van der Waals surface area contributed by atoms with Crippen LogP contribution in [0.5, 0.6) is 0 Å². The van der Waals surface area contributed by atoms with Gasteiger partial charge in [0.25, 0.3) is 5.91 Å². The molecule has 0 aliphatic carbocycles. The van der Waals surface area contributed by atoms with Crippen LogP contribution in [0.4, 0.5) is 0 Å². The fourth-order valence-corrected chi connectivity index (χ4v) is 4.93. The summed E-state index contributed by atoms with van der Waals surface area (Å²) < 4.78 is 11.9. The number of carbonyl (C=O) groups is 2. The van der Waals surface area contributed by atoms with Crippen LogP contribution in [-0.4, -0.2) is 77.7 Å². The number of primary amides is 1. The number of ether oxygens (including phenoxy) is 2. The van der Waals surface area contributed by atoms with Gasteiger partial charge in [0.05, 0.1) is 25.7 Å². The molecule has 8 nitrogen and oxygen atoms in total. The van der Waals surface area contributed by atoms with Gasteiger partial charge < -0.3 is 20.1 Å². The van der Waals surface area contributed by atoms with Gasteiger partial charge in [0, 0.05) is 44.2 Å². The molecule has 3 atom stereocenters. The molecule has 3 aliphatic rings. The molecular weight excluding hydrogens is 368 g/mol. The summed E-state index contributed by atoms with van der Waals surface area (Å²) in [6.07, 6.45) is 3.43. The number of piperidine rings is 1. The van der Waals surface area contributed by atoms with E-state index in [9.17, 15) is 9.59 Å². The molecule has 1 spiro atoms. The maximum Gasteiger partial charge on any atom is 0.251 e. The summed E-state index contributed by atoms with van der Waals surface area (Å²) in [4.78, 5) is 32.8. The molecule has 3 unspecified atom stereocenters. The van der Waals surface area contributed by atoms with E-state index in [4.69, 9.17) is 15.2 Å². The minimum absolute atomic E-state index is 0.0431. The number of thiazole rings is 1. The molecule has 0 radical (unpaired) electrons. The molecule has 148 valence electrons. The molecule has 9 heteroatoms. The summed E-state index contributed by atoms with van der Waals surface area (Å²) in [7, 11) is 0. The van der Waals surface area contributed by atoms with Crippen LogP contribution >= 0.6 is 11.3 Å². The summed E-state index contributed by atoms with van der Waals surface area (Å²) in [6.45, 7) is 4.50. The fraction of sp³-hybridized carbons (Fsp3) is 0.722. The normalized spacial score (nSPS) is 32.1. The molecule has 3 aliphatic heterocycles. The van der Waals surface area contributed by atoms with Crippen molar-refractivity contribution in [3.05, 3.63) is 16.6 Å². The lowest BCUT2D eigenvalue weighted by Gasteiger charge is -2.39. The average molecular weight is 394 g/mol. The molecule has 27 heavy (non-hydrogen) atoms. The van der Waals surface area contributed by atoms with E-state index in [2.05, 4.69) is 9.88 Å². The SMILES string of the molecule is NC(=O)C1CCCN(C(=O)C2CC3(CO2)CN(Cc2nccs2)CCO3)C1. The average Bonchev–Trinajstić information content (AvgIpc) is 3.32. The van der Waals surface area contributed by atoms with Crippen LogP contribution in [0, 0.1) is 5.92 Å². The second-order valence-electron chi connectivity index (χ2n) is 7.70. The molecule has 4 heterocycles. The third kappa shape index (κ3) is 4.16. The van der Waals surface area contributed by atoms with Crippen molar-refractivity contribution in [3.8, 4) is 0 Å². The lowest BCUT2D eigenvalue weighted by atomic mass is 9.94. The zero-order valence-electron chi connectivity index (χ0n) is 15.3. The van der Waals surface area contributed by atoms with E-state index in [1.54, 1.807) is 16.2 Å². The van der Waals surface area contributed by atoms with E-state index in [1.165, 1.54) is 0 Å². The molecular formula is C18H26N4O4S. The Bertz CT molecular complexity index is 685. The van der Waals surface area contributed by atoms with Crippen LogP contribution in [0.25, 0.3) is 0 Å². The highest BCUT2D eigenvalue weighted by Gasteiger charge is 2.48. The Kier molecular flexibility index (Phi) is 5.45. The quantitative estimate of drug-likeness (QED) is 0.785. The van der Waals surface area contributed by atoms with Gasteiger partial charge in [-0.05, 0) is 12.8 Å². The summed E-state index contributed by atoms with van der Waals surface area (Å²) in [5, 5.41) is 3.07. The number of hydrogen-bond donors (Lipinski definition) is 1. The smallest absolute Gasteiger partial charge is 0.251 e. The first-order valence-electron chi connectivity index (χ1n) is 9.49. The first-order chi connectivity index (χ1) is 13.0. The molecule has 4 rings (SSSR count). The lowest BCUT2D eigenvalue weighted by Crippen LogP contribution is -2.52. The number of amides is 2. The highest BCUT2D eigenvalue weighted by molar-refractivity contribution is 7.09. The second kappa shape index (κ2) is 7.83. The third-order valence-electron chi connectivity index (χ3n) is 5.69. The number of morpholine rings is 1. The molecule has 0 bridgehead atoms. The zero-order chi connectivity index (χ0) is 18.9. The molecule has 0 saturated carbocycles. The Labute approximate surface area is 162 Å². The topological polar surface area (TPSA) is 98.0 Å². The number of hydrogen-bond acceptors (Lipinski definition) is 7. The van der Waals surface area contributed by atoms with E-state index in [0.717, 1.165) is 37.5 Å². The van der Waals surface area contributed by atoms with Gasteiger partial charge >= 0.3 is 0 Å². The minimum Gasteiger partial charge on any atom is -0.370 e. The molecule has 2 amide bonds. The van der Waals surface area contributed by atoms with Crippen molar-refractivity contribution in [2.45, 2.75) is 37.5 Å². The van der Waals surface area contributed by atoms with Crippen LogP contribution in [0.15, 0.2) is 11.6 Å². The van der Waals surface area contributed by atoms with Gasteiger partial charge in [-0.15, -0.1) is 11.3 Å². The largest absolute Gasteiger partial charge is 0.370 e. The summed E-state index contributed by atoms with van der Waals surface area (Å²) in [6, 6.07) is 0. The van der Waals surface area contributed by atoms with E-state index in [0.29, 0.717) is 32.7 Å². The van der Waals surface area contributed by atoms with Crippen LogP contribution in [-0.2, 0) is 25.6 Å². The predicted octanol–water partition coefficient (Wildman–Crippen LogP) is 0.227. The van der Waals surface area contributed by atoms with Crippen molar-refractivity contribution < 1.29 is 19.1 Å². The van der Waals surface area contributed by atoms with Crippen molar-refractivity contribution in [3.63, 3.8) is 0 Å². The minimum atomic E-state index is -0.503.